The summed E-state index contributed by atoms with van der Waals surface area (Å²) in [6, 6.07) is 4.96. The van der Waals surface area contributed by atoms with Crippen LogP contribution in [0.25, 0.3) is 0 Å². The molecule has 0 atom stereocenters. The number of oxime groups is 1. The summed E-state index contributed by atoms with van der Waals surface area (Å²) >= 11 is 6.09. The SMILES string of the molecule is Cc1nccn1CCOc1ccc(C(N)=NO)cc1Cl. The molecular formula is C13H15ClN4O2. The fourth-order valence-corrected chi connectivity index (χ4v) is 1.96. The zero-order valence-corrected chi connectivity index (χ0v) is 11.7. The van der Waals surface area contributed by atoms with E-state index in [1.807, 2.05) is 17.7 Å². The minimum Gasteiger partial charge on any atom is -0.490 e. The Bertz CT molecular complexity index is 625. The van der Waals surface area contributed by atoms with Gasteiger partial charge in [-0.05, 0) is 25.1 Å². The van der Waals surface area contributed by atoms with E-state index in [9.17, 15) is 0 Å². The highest BCUT2D eigenvalue weighted by molar-refractivity contribution is 6.32. The molecule has 0 unspecified atom stereocenters. The standard InChI is InChI=1S/C13H15ClN4O2/c1-9-16-4-5-18(9)6-7-20-12-3-2-10(8-11(12)14)13(15)17-19/h2-5,8,19H,6-7H2,1H3,(H2,15,17). The van der Waals surface area contributed by atoms with Gasteiger partial charge < -0.3 is 20.2 Å². The number of nitrogens with two attached hydrogens (primary N) is 1. The monoisotopic (exact) mass is 294 g/mol. The van der Waals surface area contributed by atoms with Crippen LogP contribution in [-0.2, 0) is 6.54 Å². The Labute approximate surface area is 121 Å². The molecule has 20 heavy (non-hydrogen) atoms. The summed E-state index contributed by atoms with van der Waals surface area (Å²) in [7, 11) is 0. The van der Waals surface area contributed by atoms with Crippen molar-refractivity contribution in [2.75, 3.05) is 6.61 Å². The van der Waals surface area contributed by atoms with Gasteiger partial charge in [0.15, 0.2) is 5.84 Å². The highest BCUT2D eigenvalue weighted by atomic mass is 35.5. The number of aryl methyl sites for hydroxylation is 1. The van der Waals surface area contributed by atoms with Gasteiger partial charge in [0, 0.05) is 18.0 Å². The van der Waals surface area contributed by atoms with E-state index in [0.29, 0.717) is 29.5 Å². The number of ether oxygens (including phenoxy) is 1. The average Bonchev–Trinajstić information content (AvgIpc) is 2.85. The molecule has 0 fully saturated rings. The Morgan fingerprint density at radius 3 is 2.95 bits per heavy atom. The Morgan fingerprint density at radius 1 is 1.55 bits per heavy atom. The number of amidine groups is 1. The first-order chi connectivity index (χ1) is 9.61. The maximum Gasteiger partial charge on any atom is 0.170 e. The van der Waals surface area contributed by atoms with Crippen LogP contribution in [0.5, 0.6) is 5.75 Å². The molecule has 0 saturated carbocycles. The molecule has 106 valence electrons. The first kappa shape index (κ1) is 14.2. The van der Waals surface area contributed by atoms with Crippen LogP contribution >= 0.6 is 11.6 Å². The highest BCUT2D eigenvalue weighted by Crippen LogP contribution is 2.25. The highest BCUT2D eigenvalue weighted by Gasteiger charge is 2.06. The predicted octanol–water partition coefficient (Wildman–Crippen LogP) is 2.02. The molecule has 0 aliphatic rings. The smallest absolute Gasteiger partial charge is 0.170 e. The van der Waals surface area contributed by atoms with Crippen LogP contribution in [0.15, 0.2) is 35.7 Å². The van der Waals surface area contributed by atoms with E-state index >= 15 is 0 Å². The summed E-state index contributed by atoms with van der Waals surface area (Å²) in [4.78, 5) is 4.13. The fraction of sp³-hybridized carbons (Fsp3) is 0.231. The second-order valence-corrected chi connectivity index (χ2v) is 4.55. The second-order valence-electron chi connectivity index (χ2n) is 4.15. The van der Waals surface area contributed by atoms with Gasteiger partial charge in [-0.2, -0.15) is 0 Å². The average molecular weight is 295 g/mol. The van der Waals surface area contributed by atoms with Crippen molar-refractivity contribution in [3.63, 3.8) is 0 Å². The zero-order chi connectivity index (χ0) is 14.5. The van der Waals surface area contributed by atoms with Gasteiger partial charge in [0.1, 0.15) is 18.2 Å². The summed E-state index contributed by atoms with van der Waals surface area (Å²) in [6.45, 7) is 3.09. The van der Waals surface area contributed by atoms with Crippen molar-refractivity contribution < 1.29 is 9.94 Å². The maximum atomic E-state index is 8.60. The lowest BCUT2D eigenvalue weighted by atomic mass is 10.2. The Kier molecular flexibility index (Phi) is 4.47. The van der Waals surface area contributed by atoms with Gasteiger partial charge in [-0.1, -0.05) is 16.8 Å². The van der Waals surface area contributed by atoms with Crippen molar-refractivity contribution in [3.8, 4) is 5.75 Å². The Hall–Kier alpha value is -2.21. The van der Waals surface area contributed by atoms with Gasteiger partial charge >= 0.3 is 0 Å². The second kappa shape index (κ2) is 6.29. The van der Waals surface area contributed by atoms with Gasteiger partial charge in [-0.15, -0.1) is 0 Å². The third kappa shape index (κ3) is 3.21. The maximum absolute atomic E-state index is 8.60. The van der Waals surface area contributed by atoms with E-state index in [1.165, 1.54) is 0 Å². The predicted molar refractivity (Wildman–Crippen MR) is 76.4 cm³/mol. The number of imidazole rings is 1. The van der Waals surface area contributed by atoms with E-state index in [4.69, 9.17) is 27.3 Å². The summed E-state index contributed by atoms with van der Waals surface area (Å²) in [5, 5.41) is 11.9. The van der Waals surface area contributed by atoms with Crippen LogP contribution in [0.2, 0.25) is 5.02 Å². The van der Waals surface area contributed by atoms with Gasteiger partial charge in [0.2, 0.25) is 0 Å². The molecule has 1 heterocycles. The molecule has 0 aliphatic heterocycles. The minimum absolute atomic E-state index is 0.00694. The van der Waals surface area contributed by atoms with Crippen molar-refractivity contribution >= 4 is 17.4 Å². The van der Waals surface area contributed by atoms with E-state index in [0.717, 1.165) is 5.82 Å². The molecular weight excluding hydrogens is 280 g/mol. The number of benzene rings is 1. The normalized spacial score (nSPS) is 11.6. The molecule has 6 nitrogen and oxygen atoms in total. The molecule has 0 saturated heterocycles. The van der Waals surface area contributed by atoms with Gasteiger partial charge in [0.25, 0.3) is 0 Å². The molecule has 2 rings (SSSR count). The van der Waals surface area contributed by atoms with E-state index in [1.54, 1.807) is 24.4 Å². The molecule has 0 aliphatic carbocycles. The lowest BCUT2D eigenvalue weighted by molar-refractivity contribution is 0.297. The first-order valence-corrected chi connectivity index (χ1v) is 6.37. The quantitative estimate of drug-likeness (QED) is 0.382. The molecule has 0 spiro atoms. The van der Waals surface area contributed by atoms with Crippen LogP contribution in [0.1, 0.15) is 11.4 Å². The van der Waals surface area contributed by atoms with Gasteiger partial charge in [-0.3, -0.25) is 0 Å². The lowest BCUT2D eigenvalue weighted by Crippen LogP contribution is -2.13. The number of nitrogens with zero attached hydrogens (tertiary/aromatic N) is 3. The van der Waals surface area contributed by atoms with Crippen LogP contribution in [0.4, 0.5) is 0 Å². The number of rotatable bonds is 5. The van der Waals surface area contributed by atoms with Crippen LogP contribution < -0.4 is 10.5 Å². The molecule has 7 heteroatoms. The topological polar surface area (TPSA) is 85.7 Å². The van der Waals surface area contributed by atoms with Crippen molar-refractivity contribution in [2.24, 2.45) is 10.9 Å². The van der Waals surface area contributed by atoms with E-state index < -0.39 is 0 Å². The number of aromatic nitrogens is 2. The Morgan fingerprint density at radius 2 is 2.35 bits per heavy atom. The summed E-state index contributed by atoms with van der Waals surface area (Å²) < 4.78 is 7.59. The first-order valence-electron chi connectivity index (χ1n) is 6.00. The van der Waals surface area contributed by atoms with Crippen molar-refractivity contribution in [2.45, 2.75) is 13.5 Å². The van der Waals surface area contributed by atoms with Crippen molar-refractivity contribution in [1.29, 1.82) is 0 Å². The zero-order valence-electron chi connectivity index (χ0n) is 11.0. The molecule has 1 aromatic carbocycles. The minimum atomic E-state index is 0.00694. The van der Waals surface area contributed by atoms with Crippen LogP contribution in [-0.4, -0.2) is 27.2 Å². The molecule has 2 aromatic rings. The van der Waals surface area contributed by atoms with Gasteiger partial charge in [-0.25, -0.2) is 4.98 Å². The summed E-state index contributed by atoms with van der Waals surface area (Å²) in [6.07, 6.45) is 3.63. The Balaban J connectivity index is 1.98. The van der Waals surface area contributed by atoms with E-state index in [2.05, 4.69) is 10.1 Å². The largest absolute Gasteiger partial charge is 0.490 e. The fourth-order valence-electron chi connectivity index (χ4n) is 1.73. The lowest BCUT2D eigenvalue weighted by Gasteiger charge is -2.10. The summed E-state index contributed by atoms with van der Waals surface area (Å²) in [5.41, 5.74) is 6.02. The molecule has 0 amide bonds. The van der Waals surface area contributed by atoms with Crippen LogP contribution in [0.3, 0.4) is 0 Å². The van der Waals surface area contributed by atoms with Crippen LogP contribution in [0, 0.1) is 6.92 Å². The van der Waals surface area contributed by atoms with E-state index in [-0.39, 0.29) is 5.84 Å². The van der Waals surface area contributed by atoms with Crippen molar-refractivity contribution in [1.82, 2.24) is 9.55 Å². The van der Waals surface area contributed by atoms with Crippen molar-refractivity contribution in [3.05, 3.63) is 47.0 Å². The third-order valence-corrected chi connectivity index (χ3v) is 3.14. The van der Waals surface area contributed by atoms with Gasteiger partial charge in [0.05, 0.1) is 11.6 Å². The molecule has 0 radical (unpaired) electrons. The summed E-state index contributed by atoms with van der Waals surface area (Å²) in [5.74, 6) is 1.49. The number of hydrogen-bond donors (Lipinski definition) is 2. The molecule has 1 aromatic heterocycles. The molecule has 3 N–H and O–H groups in total. The number of hydrogen-bond acceptors (Lipinski definition) is 4. The number of halogens is 1. The molecule has 0 bridgehead atoms. The third-order valence-electron chi connectivity index (χ3n) is 2.85.